The molecule has 0 spiro atoms. The molecule has 0 fully saturated rings. The third-order valence-electron chi connectivity index (χ3n) is 2.46. The molecule has 16 heavy (non-hydrogen) atoms. The number of anilines is 2. The average molecular weight is 239 g/mol. The van der Waals surface area contributed by atoms with E-state index >= 15 is 0 Å². The number of carbonyl (C=O) groups is 1. The Kier molecular flexibility index (Phi) is 4.38. The van der Waals surface area contributed by atoms with Gasteiger partial charge in [-0.1, -0.05) is 18.2 Å². The van der Waals surface area contributed by atoms with Gasteiger partial charge in [0.25, 0.3) is 0 Å². The molecular formula is C12H15ClN2O. The monoisotopic (exact) mass is 238 g/mol. The molecule has 0 aliphatic carbocycles. The minimum Gasteiger partial charge on any atom is -0.383 e. The fraction of sp³-hybridized carbons (Fsp3) is 0.250. The highest BCUT2D eigenvalue weighted by atomic mass is 35.5. The Labute approximate surface area is 102 Å². The second kappa shape index (κ2) is 5.56. The summed E-state index contributed by atoms with van der Waals surface area (Å²) in [5, 5.41) is 3.25. The molecule has 86 valence electrons. The van der Waals surface area contributed by atoms with Crippen LogP contribution < -0.4 is 10.2 Å². The Morgan fingerprint density at radius 3 is 2.94 bits per heavy atom. The van der Waals surface area contributed by atoms with Crippen LogP contribution in [-0.4, -0.2) is 19.0 Å². The van der Waals surface area contributed by atoms with Gasteiger partial charge < -0.3 is 10.2 Å². The van der Waals surface area contributed by atoms with E-state index < -0.39 is 0 Å². The number of halogens is 1. The van der Waals surface area contributed by atoms with Gasteiger partial charge in [-0.05, 0) is 12.1 Å². The predicted octanol–water partition coefficient (Wildman–Crippen LogP) is 2.44. The van der Waals surface area contributed by atoms with Crippen molar-refractivity contribution in [3.63, 3.8) is 0 Å². The number of hydrogen-bond donors (Lipinski definition) is 1. The van der Waals surface area contributed by atoms with Gasteiger partial charge in [-0.3, -0.25) is 4.79 Å². The third-order valence-corrected chi connectivity index (χ3v) is 2.46. The van der Waals surface area contributed by atoms with Crippen LogP contribution in [-0.2, 0) is 4.79 Å². The fourth-order valence-corrected chi connectivity index (χ4v) is 1.76. The van der Waals surface area contributed by atoms with Crippen molar-refractivity contribution in [3.8, 4) is 0 Å². The second-order valence-electron chi connectivity index (χ2n) is 3.49. The Morgan fingerprint density at radius 2 is 2.19 bits per heavy atom. The number of amides is 1. The van der Waals surface area contributed by atoms with Gasteiger partial charge in [-0.15, -0.1) is 19.0 Å². The van der Waals surface area contributed by atoms with Crippen molar-refractivity contribution in [2.75, 3.05) is 23.3 Å². The number of para-hydroxylation sites is 2. The van der Waals surface area contributed by atoms with Crippen LogP contribution in [0.3, 0.4) is 0 Å². The van der Waals surface area contributed by atoms with Crippen LogP contribution in [0, 0.1) is 0 Å². The molecule has 1 aromatic rings. The number of rotatable bonds is 2. The lowest BCUT2D eigenvalue weighted by Crippen LogP contribution is -2.30. The summed E-state index contributed by atoms with van der Waals surface area (Å²) in [6.45, 7) is 4.94. The summed E-state index contributed by atoms with van der Waals surface area (Å²) in [5.74, 6) is 0.146. The molecule has 0 unspecified atom stereocenters. The molecule has 0 atom stereocenters. The summed E-state index contributed by atoms with van der Waals surface area (Å²) < 4.78 is 0. The van der Waals surface area contributed by atoms with E-state index in [1.165, 1.54) is 0 Å². The van der Waals surface area contributed by atoms with Gasteiger partial charge in [-0.25, -0.2) is 0 Å². The lowest BCUT2D eigenvalue weighted by Gasteiger charge is -2.20. The molecule has 4 heteroatoms. The number of nitrogens with one attached hydrogen (secondary N) is 1. The summed E-state index contributed by atoms with van der Waals surface area (Å²) in [4.78, 5) is 13.6. The summed E-state index contributed by atoms with van der Waals surface area (Å²) in [5.41, 5.74) is 1.96. The van der Waals surface area contributed by atoms with Crippen LogP contribution in [0.1, 0.15) is 6.42 Å². The lowest BCUT2D eigenvalue weighted by atomic mass is 10.2. The first-order chi connectivity index (χ1) is 7.33. The minimum absolute atomic E-state index is 0. The molecule has 0 aromatic heterocycles. The largest absolute Gasteiger partial charge is 0.383 e. The van der Waals surface area contributed by atoms with Crippen LogP contribution >= 0.6 is 12.4 Å². The van der Waals surface area contributed by atoms with Gasteiger partial charge in [0.2, 0.25) is 5.91 Å². The summed E-state index contributed by atoms with van der Waals surface area (Å²) >= 11 is 0. The van der Waals surface area contributed by atoms with Gasteiger partial charge in [-0.2, -0.15) is 0 Å². The van der Waals surface area contributed by atoms with Crippen molar-refractivity contribution in [1.82, 2.24) is 0 Å². The van der Waals surface area contributed by atoms with E-state index in [0.29, 0.717) is 19.5 Å². The molecule has 1 heterocycles. The van der Waals surface area contributed by atoms with E-state index in [-0.39, 0.29) is 18.3 Å². The Morgan fingerprint density at radius 1 is 1.44 bits per heavy atom. The molecular weight excluding hydrogens is 224 g/mol. The van der Waals surface area contributed by atoms with Crippen molar-refractivity contribution in [1.29, 1.82) is 0 Å². The normalized spacial score (nSPS) is 14.2. The number of carbonyl (C=O) groups excluding carboxylic acids is 1. The number of hydrogen-bond acceptors (Lipinski definition) is 2. The summed E-state index contributed by atoms with van der Waals surface area (Å²) in [7, 11) is 0. The lowest BCUT2D eigenvalue weighted by molar-refractivity contribution is -0.118. The van der Waals surface area contributed by atoms with Gasteiger partial charge >= 0.3 is 0 Å². The van der Waals surface area contributed by atoms with Crippen molar-refractivity contribution in [2.24, 2.45) is 0 Å². The van der Waals surface area contributed by atoms with E-state index in [4.69, 9.17) is 0 Å². The topological polar surface area (TPSA) is 32.3 Å². The molecule has 3 nitrogen and oxygen atoms in total. The molecule has 2 rings (SSSR count). The first kappa shape index (κ1) is 12.6. The number of benzene rings is 1. The van der Waals surface area contributed by atoms with E-state index in [2.05, 4.69) is 11.9 Å². The quantitative estimate of drug-likeness (QED) is 0.803. The maximum Gasteiger partial charge on any atom is 0.229 e. The second-order valence-corrected chi connectivity index (χ2v) is 3.49. The maximum absolute atomic E-state index is 11.8. The minimum atomic E-state index is 0. The molecule has 0 radical (unpaired) electrons. The van der Waals surface area contributed by atoms with Crippen LogP contribution in [0.5, 0.6) is 0 Å². The smallest absolute Gasteiger partial charge is 0.229 e. The van der Waals surface area contributed by atoms with Gasteiger partial charge in [0.05, 0.1) is 11.4 Å². The van der Waals surface area contributed by atoms with E-state index in [0.717, 1.165) is 11.4 Å². The molecule has 1 amide bonds. The molecule has 0 bridgehead atoms. The summed E-state index contributed by atoms with van der Waals surface area (Å²) in [6.07, 6.45) is 2.28. The van der Waals surface area contributed by atoms with Crippen molar-refractivity contribution in [3.05, 3.63) is 36.9 Å². The molecule has 0 saturated carbocycles. The summed E-state index contributed by atoms with van der Waals surface area (Å²) in [6, 6.07) is 7.85. The highest BCUT2D eigenvalue weighted by Crippen LogP contribution is 2.28. The zero-order valence-corrected chi connectivity index (χ0v) is 9.80. The van der Waals surface area contributed by atoms with Gasteiger partial charge in [0.15, 0.2) is 0 Å². The van der Waals surface area contributed by atoms with Crippen LogP contribution in [0.2, 0.25) is 0 Å². The first-order valence-corrected chi connectivity index (χ1v) is 5.07. The predicted molar refractivity (Wildman–Crippen MR) is 69.3 cm³/mol. The van der Waals surface area contributed by atoms with E-state index in [1.807, 2.05) is 24.3 Å². The molecule has 1 N–H and O–H groups in total. The maximum atomic E-state index is 11.8. The van der Waals surface area contributed by atoms with E-state index in [1.54, 1.807) is 11.0 Å². The Balaban J connectivity index is 0.00000128. The highest BCUT2D eigenvalue weighted by Gasteiger charge is 2.19. The SMILES string of the molecule is C=CCN1C(=O)CCNc2ccccc21.Cl. The molecule has 1 aliphatic rings. The average Bonchev–Trinajstić information content (AvgIpc) is 2.40. The van der Waals surface area contributed by atoms with E-state index in [9.17, 15) is 4.79 Å². The fourth-order valence-electron chi connectivity index (χ4n) is 1.76. The third kappa shape index (κ3) is 2.36. The zero-order valence-electron chi connectivity index (χ0n) is 8.98. The Bertz CT molecular complexity index is 392. The number of nitrogens with zero attached hydrogens (tertiary/aromatic N) is 1. The van der Waals surface area contributed by atoms with Crippen LogP contribution in [0.25, 0.3) is 0 Å². The molecule has 1 aliphatic heterocycles. The van der Waals surface area contributed by atoms with Crippen molar-refractivity contribution >= 4 is 29.7 Å². The van der Waals surface area contributed by atoms with Crippen molar-refractivity contribution in [2.45, 2.75) is 6.42 Å². The number of fused-ring (bicyclic) bond motifs is 1. The van der Waals surface area contributed by atoms with Crippen LogP contribution in [0.15, 0.2) is 36.9 Å². The Hall–Kier alpha value is -1.48. The van der Waals surface area contributed by atoms with Gasteiger partial charge in [0, 0.05) is 19.5 Å². The van der Waals surface area contributed by atoms with Crippen LogP contribution in [0.4, 0.5) is 11.4 Å². The molecule has 0 saturated heterocycles. The molecule has 1 aromatic carbocycles. The first-order valence-electron chi connectivity index (χ1n) is 5.07. The van der Waals surface area contributed by atoms with Crippen molar-refractivity contribution < 1.29 is 4.79 Å². The highest BCUT2D eigenvalue weighted by molar-refractivity contribution is 5.98. The van der Waals surface area contributed by atoms with Gasteiger partial charge in [0.1, 0.15) is 0 Å². The standard InChI is InChI=1S/C12H14N2O.ClH/c1-2-9-14-11-6-4-3-5-10(11)13-8-7-12(14)15;/h2-6,13H,1,7-9H2;1H. The zero-order chi connectivity index (χ0) is 10.7.